The van der Waals surface area contributed by atoms with Crippen LogP contribution in [0, 0.1) is 0 Å². The highest BCUT2D eigenvalue weighted by Gasteiger charge is 2.37. The SMILES string of the molecule is CCCOc1ccc(/C=C2\SC(=O)N(CC(=O)N3CCOCC3)C2=O)cc1OC. The molecule has 0 saturated carbocycles. The second kappa shape index (κ2) is 9.80. The van der Waals surface area contributed by atoms with Crippen LogP contribution in [-0.2, 0) is 14.3 Å². The molecule has 3 amide bonds. The lowest BCUT2D eigenvalue weighted by atomic mass is 10.2. The Labute approximate surface area is 173 Å². The molecule has 9 heteroatoms. The van der Waals surface area contributed by atoms with Crippen molar-refractivity contribution in [2.75, 3.05) is 46.6 Å². The molecule has 1 aromatic carbocycles. The molecular formula is C20H24N2O6S. The van der Waals surface area contributed by atoms with Gasteiger partial charge in [0.1, 0.15) is 6.54 Å². The van der Waals surface area contributed by atoms with E-state index in [-0.39, 0.29) is 17.4 Å². The zero-order valence-electron chi connectivity index (χ0n) is 16.5. The van der Waals surface area contributed by atoms with Crippen molar-refractivity contribution in [1.82, 2.24) is 9.80 Å². The van der Waals surface area contributed by atoms with E-state index < -0.39 is 11.1 Å². The molecule has 2 aliphatic heterocycles. The van der Waals surface area contributed by atoms with Crippen LogP contribution in [0.2, 0.25) is 0 Å². The molecule has 0 spiro atoms. The van der Waals surface area contributed by atoms with Gasteiger partial charge >= 0.3 is 0 Å². The number of amides is 3. The zero-order chi connectivity index (χ0) is 20.8. The Morgan fingerprint density at radius 1 is 1.24 bits per heavy atom. The molecule has 0 N–H and O–H groups in total. The highest BCUT2D eigenvalue weighted by Crippen LogP contribution is 2.34. The summed E-state index contributed by atoms with van der Waals surface area (Å²) in [5.41, 5.74) is 0.704. The molecule has 0 aromatic heterocycles. The van der Waals surface area contributed by atoms with Crippen molar-refractivity contribution in [2.24, 2.45) is 0 Å². The van der Waals surface area contributed by atoms with Crippen LogP contribution in [-0.4, -0.2) is 73.4 Å². The average Bonchev–Trinajstić information content (AvgIpc) is 3.00. The van der Waals surface area contributed by atoms with Gasteiger partial charge in [-0.05, 0) is 42.0 Å². The Balaban J connectivity index is 1.71. The van der Waals surface area contributed by atoms with Crippen LogP contribution in [0.25, 0.3) is 6.08 Å². The molecule has 8 nitrogen and oxygen atoms in total. The van der Waals surface area contributed by atoms with Gasteiger partial charge in [0.25, 0.3) is 11.1 Å². The maximum Gasteiger partial charge on any atom is 0.294 e. The van der Waals surface area contributed by atoms with Gasteiger partial charge in [-0.3, -0.25) is 19.3 Å². The number of morpholine rings is 1. The molecule has 156 valence electrons. The highest BCUT2D eigenvalue weighted by atomic mass is 32.2. The topological polar surface area (TPSA) is 85.4 Å². The predicted molar refractivity (Wildman–Crippen MR) is 109 cm³/mol. The van der Waals surface area contributed by atoms with Gasteiger partial charge in [-0.25, -0.2) is 0 Å². The zero-order valence-corrected chi connectivity index (χ0v) is 17.3. The summed E-state index contributed by atoms with van der Waals surface area (Å²) in [5.74, 6) is 0.451. The number of carbonyl (C=O) groups is 3. The third-order valence-corrected chi connectivity index (χ3v) is 5.39. The molecule has 29 heavy (non-hydrogen) atoms. The number of hydrogen-bond acceptors (Lipinski definition) is 7. The predicted octanol–water partition coefficient (Wildman–Crippen LogP) is 2.38. The fraction of sp³-hybridized carbons (Fsp3) is 0.450. The van der Waals surface area contributed by atoms with Gasteiger partial charge in [0, 0.05) is 13.1 Å². The van der Waals surface area contributed by atoms with E-state index in [2.05, 4.69) is 0 Å². The Hall–Kier alpha value is -2.52. The maximum absolute atomic E-state index is 12.7. The molecular weight excluding hydrogens is 396 g/mol. The first-order chi connectivity index (χ1) is 14.0. The summed E-state index contributed by atoms with van der Waals surface area (Å²) in [6.07, 6.45) is 2.50. The number of benzene rings is 1. The van der Waals surface area contributed by atoms with Gasteiger partial charge in [-0.1, -0.05) is 13.0 Å². The third-order valence-electron chi connectivity index (χ3n) is 4.48. The first-order valence-corrected chi connectivity index (χ1v) is 10.3. The van der Waals surface area contributed by atoms with E-state index in [9.17, 15) is 14.4 Å². The van der Waals surface area contributed by atoms with Gasteiger partial charge in [0.05, 0.1) is 31.8 Å². The number of imide groups is 1. The van der Waals surface area contributed by atoms with Crippen LogP contribution in [0.3, 0.4) is 0 Å². The lowest BCUT2D eigenvalue weighted by Gasteiger charge is -2.28. The standard InChI is InChI=1S/C20H24N2O6S/c1-3-8-28-15-5-4-14(11-16(15)26-2)12-17-19(24)22(20(25)29-17)13-18(23)21-6-9-27-10-7-21/h4-5,11-12H,3,6-10,13H2,1-2H3/b17-12-. The van der Waals surface area contributed by atoms with Crippen molar-refractivity contribution in [3.05, 3.63) is 28.7 Å². The van der Waals surface area contributed by atoms with E-state index in [1.54, 1.807) is 36.3 Å². The van der Waals surface area contributed by atoms with Gasteiger partial charge in [-0.15, -0.1) is 0 Å². The largest absolute Gasteiger partial charge is 0.493 e. The molecule has 2 saturated heterocycles. The molecule has 0 bridgehead atoms. The Morgan fingerprint density at radius 2 is 2.00 bits per heavy atom. The minimum absolute atomic E-state index is 0.254. The number of nitrogens with zero attached hydrogens (tertiary/aromatic N) is 2. The van der Waals surface area contributed by atoms with Crippen LogP contribution in [0.4, 0.5) is 4.79 Å². The van der Waals surface area contributed by atoms with Gasteiger partial charge in [-0.2, -0.15) is 0 Å². The van der Waals surface area contributed by atoms with Gasteiger partial charge in [0.15, 0.2) is 11.5 Å². The number of carbonyl (C=O) groups excluding carboxylic acids is 3. The van der Waals surface area contributed by atoms with Crippen LogP contribution in [0.5, 0.6) is 11.5 Å². The van der Waals surface area contributed by atoms with Crippen molar-refractivity contribution < 1.29 is 28.6 Å². The summed E-state index contributed by atoms with van der Waals surface area (Å²) in [7, 11) is 1.54. The minimum atomic E-state index is -0.466. The summed E-state index contributed by atoms with van der Waals surface area (Å²) in [4.78, 5) is 40.2. The number of rotatable bonds is 7. The van der Waals surface area contributed by atoms with E-state index in [0.29, 0.717) is 50.0 Å². The van der Waals surface area contributed by atoms with Crippen molar-refractivity contribution in [3.63, 3.8) is 0 Å². The molecule has 1 aromatic rings. The Bertz CT molecular complexity index is 819. The molecule has 2 fully saturated rings. The fourth-order valence-corrected chi connectivity index (χ4v) is 3.78. The van der Waals surface area contributed by atoms with E-state index >= 15 is 0 Å². The second-order valence-electron chi connectivity index (χ2n) is 6.52. The van der Waals surface area contributed by atoms with Crippen molar-refractivity contribution in [3.8, 4) is 11.5 Å². The van der Waals surface area contributed by atoms with E-state index in [4.69, 9.17) is 14.2 Å². The number of methoxy groups -OCH3 is 1. The molecule has 0 radical (unpaired) electrons. The Kier molecular flexibility index (Phi) is 7.16. The molecule has 2 aliphatic rings. The van der Waals surface area contributed by atoms with E-state index in [0.717, 1.165) is 23.1 Å². The first kappa shape index (κ1) is 21.2. The number of ether oxygens (including phenoxy) is 3. The second-order valence-corrected chi connectivity index (χ2v) is 7.51. The average molecular weight is 420 g/mol. The van der Waals surface area contributed by atoms with Crippen molar-refractivity contribution in [2.45, 2.75) is 13.3 Å². The summed E-state index contributed by atoms with van der Waals surface area (Å²) < 4.78 is 16.2. The monoisotopic (exact) mass is 420 g/mol. The number of thioether (sulfide) groups is 1. The first-order valence-electron chi connectivity index (χ1n) is 9.45. The lowest BCUT2D eigenvalue weighted by Crippen LogP contribution is -2.46. The van der Waals surface area contributed by atoms with Gasteiger partial charge in [0.2, 0.25) is 5.91 Å². The van der Waals surface area contributed by atoms with Gasteiger partial charge < -0.3 is 19.1 Å². The van der Waals surface area contributed by atoms with Crippen molar-refractivity contribution >= 4 is 34.9 Å². The highest BCUT2D eigenvalue weighted by molar-refractivity contribution is 8.18. The third kappa shape index (κ3) is 5.10. The van der Waals surface area contributed by atoms with Crippen LogP contribution in [0.1, 0.15) is 18.9 Å². The maximum atomic E-state index is 12.7. The summed E-state index contributed by atoms with van der Waals surface area (Å²) in [6.45, 7) is 4.20. The van der Waals surface area contributed by atoms with Crippen molar-refractivity contribution in [1.29, 1.82) is 0 Å². The van der Waals surface area contributed by atoms with Crippen LogP contribution in [0.15, 0.2) is 23.1 Å². The molecule has 0 unspecified atom stereocenters. The molecule has 0 atom stereocenters. The smallest absolute Gasteiger partial charge is 0.294 e. The fourth-order valence-electron chi connectivity index (χ4n) is 2.94. The lowest BCUT2D eigenvalue weighted by molar-refractivity contribution is -0.139. The van der Waals surface area contributed by atoms with Crippen LogP contribution >= 0.6 is 11.8 Å². The quantitative estimate of drug-likeness (QED) is 0.626. The van der Waals surface area contributed by atoms with Crippen LogP contribution < -0.4 is 9.47 Å². The number of hydrogen-bond donors (Lipinski definition) is 0. The normalized spacial score (nSPS) is 18.5. The summed E-state index contributed by atoms with van der Waals surface area (Å²) >= 11 is 0.828. The molecule has 3 rings (SSSR count). The summed E-state index contributed by atoms with van der Waals surface area (Å²) in [5, 5.41) is -0.447. The summed E-state index contributed by atoms with van der Waals surface area (Å²) in [6, 6.07) is 5.31. The molecule has 2 heterocycles. The van der Waals surface area contributed by atoms with E-state index in [1.165, 1.54) is 0 Å². The van der Waals surface area contributed by atoms with E-state index in [1.807, 2.05) is 6.92 Å². The Morgan fingerprint density at radius 3 is 2.69 bits per heavy atom. The minimum Gasteiger partial charge on any atom is -0.493 e. The molecule has 0 aliphatic carbocycles.